The van der Waals surface area contributed by atoms with Gasteiger partial charge in [-0.3, -0.25) is 0 Å². The van der Waals surface area contributed by atoms with Crippen LogP contribution in [-0.2, 0) is 0 Å². The third kappa shape index (κ3) is 2.61. The maximum atomic E-state index is 14.1. The molecular weight excluding hydrogens is 313 g/mol. The Morgan fingerprint density at radius 2 is 1.84 bits per heavy atom. The van der Waals surface area contributed by atoms with Crippen LogP contribution in [0.1, 0.15) is 11.1 Å². The van der Waals surface area contributed by atoms with E-state index in [9.17, 15) is 9.60 Å². The van der Waals surface area contributed by atoms with Crippen molar-refractivity contribution in [1.29, 1.82) is 0 Å². The minimum absolute atomic E-state index is 0.122. The van der Waals surface area contributed by atoms with Crippen LogP contribution in [0.4, 0.5) is 4.39 Å². The largest absolute Gasteiger partial charge is 0.496 e. The van der Waals surface area contributed by atoms with Crippen molar-refractivity contribution in [3.63, 3.8) is 0 Å². The van der Waals surface area contributed by atoms with Crippen LogP contribution in [0.3, 0.4) is 0 Å². The van der Waals surface area contributed by atoms with E-state index < -0.39 is 5.82 Å². The van der Waals surface area contributed by atoms with Crippen molar-refractivity contribution < 1.29 is 14.3 Å². The molecule has 0 radical (unpaired) electrons. The molecule has 1 N–H and O–H groups in total. The van der Waals surface area contributed by atoms with Crippen LogP contribution in [0.2, 0.25) is 0 Å². The average molecular weight is 324 g/mol. The standard InChI is InChI=1S/C14H11BrFNO2/c1-19-12-8-3-2-5-9(12)14(17-18)10-6-4-7-11(15)13(10)16/h2-8,18H,1H3. The van der Waals surface area contributed by atoms with Gasteiger partial charge in [-0.25, -0.2) is 4.39 Å². The zero-order valence-electron chi connectivity index (χ0n) is 10.1. The number of hydrogen-bond donors (Lipinski definition) is 1. The Labute approximate surface area is 118 Å². The Kier molecular flexibility index (Phi) is 4.16. The predicted octanol–water partition coefficient (Wildman–Crippen LogP) is 3.82. The molecule has 3 nitrogen and oxygen atoms in total. The van der Waals surface area contributed by atoms with Crippen molar-refractivity contribution in [1.82, 2.24) is 0 Å². The summed E-state index contributed by atoms with van der Waals surface area (Å²) in [7, 11) is 1.51. The second-order valence-corrected chi connectivity index (χ2v) is 4.60. The Morgan fingerprint density at radius 3 is 2.53 bits per heavy atom. The second kappa shape index (κ2) is 5.84. The number of halogens is 2. The van der Waals surface area contributed by atoms with Crippen molar-refractivity contribution >= 4 is 21.6 Å². The molecule has 2 aromatic carbocycles. The molecule has 98 valence electrons. The van der Waals surface area contributed by atoms with E-state index in [1.54, 1.807) is 42.5 Å². The fourth-order valence-corrected chi connectivity index (χ4v) is 2.15. The summed E-state index contributed by atoms with van der Waals surface area (Å²) < 4.78 is 19.6. The number of para-hydroxylation sites is 1. The zero-order chi connectivity index (χ0) is 13.8. The van der Waals surface area contributed by atoms with E-state index in [0.29, 0.717) is 15.8 Å². The molecule has 2 aromatic rings. The second-order valence-electron chi connectivity index (χ2n) is 3.75. The summed E-state index contributed by atoms with van der Waals surface area (Å²) in [4.78, 5) is 0. The topological polar surface area (TPSA) is 41.8 Å². The first-order chi connectivity index (χ1) is 9.19. The lowest BCUT2D eigenvalue weighted by atomic mass is 10.0. The Balaban J connectivity index is 2.61. The SMILES string of the molecule is COc1ccccc1C(=NO)c1cccc(Br)c1F. The maximum absolute atomic E-state index is 14.1. The molecular formula is C14H11BrFNO2. The normalized spacial score (nSPS) is 11.4. The molecule has 0 bridgehead atoms. The fraction of sp³-hybridized carbons (Fsp3) is 0.0714. The van der Waals surface area contributed by atoms with Crippen LogP contribution in [0.25, 0.3) is 0 Å². The summed E-state index contributed by atoms with van der Waals surface area (Å²) in [6.07, 6.45) is 0. The monoisotopic (exact) mass is 323 g/mol. The van der Waals surface area contributed by atoms with E-state index in [-0.39, 0.29) is 11.3 Å². The fourth-order valence-electron chi connectivity index (χ4n) is 1.78. The highest BCUT2D eigenvalue weighted by atomic mass is 79.9. The Bertz CT molecular complexity index is 629. The summed E-state index contributed by atoms with van der Waals surface area (Å²) in [6.45, 7) is 0. The lowest BCUT2D eigenvalue weighted by Gasteiger charge is -2.11. The minimum atomic E-state index is -0.485. The van der Waals surface area contributed by atoms with Gasteiger partial charge in [-0.2, -0.15) is 0 Å². The summed E-state index contributed by atoms with van der Waals surface area (Å²) >= 11 is 3.11. The lowest BCUT2D eigenvalue weighted by molar-refractivity contribution is 0.319. The highest BCUT2D eigenvalue weighted by Gasteiger charge is 2.17. The van der Waals surface area contributed by atoms with Crippen molar-refractivity contribution in [2.24, 2.45) is 5.16 Å². The number of rotatable bonds is 3. The summed E-state index contributed by atoms with van der Waals surface area (Å²) in [5.41, 5.74) is 0.835. The summed E-state index contributed by atoms with van der Waals surface area (Å²) in [5, 5.41) is 12.4. The maximum Gasteiger partial charge on any atom is 0.146 e. The molecule has 0 aliphatic rings. The van der Waals surface area contributed by atoms with Crippen LogP contribution in [0, 0.1) is 5.82 Å². The number of methoxy groups -OCH3 is 1. The third-order valence-corrected chi connectivity index (χ3v) is 3.28. The quantitative estimate of drug-likeness (QED) is 0.530. The van der Waals surface area contributed by atoms with Gasteiger partial charge in [0.05, 0.1) is 11.6 Å². The highest BCUT2D eigenvalue weighted by molar-refractivity contribution is 9.10. The number of oxime groups is 1. The number of nitrogens with zero attached hydrogens (tertiary/aromatic N) is 1. The van der Waals surface area contributed by atoms with Crippen molar-refractivity contribution in [2.45, 2.75) is 0 Å². The highest BCUT2D eigenvalue weighted by Crippen LogP contribution is 2.26. The predicted molar refractivity (Wildman–Crippen MR) is 74.5 cm³/mol. The van der Waals surface area contributed by atoms with Crippen LogP contribution < -0.4 is 4.74 Å². The molecule has 0 aliphatic heterocycles. The van der Waals surface area contributed by atoms with Crippen molar-refractivity contribution in [2.75, 3.05) is 7.11 Å². The van der Waals surface area contributed by atoms with Gasteiger partial charge in [0.25, 0.3) is 0 Å². The van der Waals surface area contributed by atoms with Crippen LogP contribution >= 0.6 is 15.9 Å². The van der Waals surface area contributed by atoms with Crippen LogP contribution in [0.5, 0.6) is 5.75 Å². The van der Waals surface area contributed by atoms with Gasteiger partial charge in [-0.05, 0) is 40.2 Å². The van der Waals surface area contributed by atoms with Gasteiger partial charge in [-0.15, -0.1) is 0 Å². The molecule has 2 rings (SSSR count). The van der Waals surface area contributed by atoms with Gasteiger partial charge in [0, 0.05) is 11.1 Å². The third-order valence-electron chi connectivity index (χ3n) is 2.67. The smallest absolute Gasteiger partial charge is 0.146 e. The molecule has 0 atom stereocenters. The van der Waals surface area contributed by atoms with Gasteiger partial charge < -0.3 is 9.94 Å². The van der Waals surface area contributed by atoms with E-state index >= 15 is 0 Å². The van der Waals surface area contributed by atoms with E-state index in [2.05, 4.69) is 21.1 Å². The van der Waals surface area contributed by atoms with Gasteiger partial charge in [0.1, 0.15) is 17.3 Å². The Hall–Kier alpha value is -1.88. The van der Waals surface area contributed by atoms with E-state index in [1.807, 2.05) is 0 Å². The van der Waals surface area contributed by atoms with Crippen molar-refractivity contribution in [3.8, 4) is 5.75 Å². The van der Waals surface area contributed by atoms with Gasteiger partial charge in [-0.1, -0.05) is 23.4 Å². The molecule has 0 aliphatic carbocycles. The van der Waals surface area contributed by atoms with E-state index in [4.69, 9.17) is 4.74 Å². The molecule has 0 unspecified atom stereocenters. The molecule has 0 amide bonds. The molecule has 0 saturated carbocycles. The average Bonchev–Trinajstić information content (AvgIpc) is 2.45. The Morgan fingerprint density at radius 1 is 1.16 bits per heavy atom. The van der Waals surface area contributed by atoms with E-state index in [0.717, 1.165) is 0 Å². The first kappa shape index (κ1) is 13.5. The molecule has 0 spiro atoms. The summed E-state index contributed by atoms with van der Waals surface area (Å²) in [6, 6.07) is 11.8. The number of benzene rings is 2. The lowest BCUT2D eigenvalue weighted by Crippen LogP contribution is -2.08. The molecule has 0 heterocycles. The molecule has 5 heteroatoms. The van der Waals surface area contributed by atoms with E-state index in [1.165, 1.54) is 7.11 Å². The number of ether oxygens (including phenoxy) is 1. The minimum Gasteiger partial charge on any atom is -0.496 e. The van der Waals surface area contributed by atoms with Gasteiger partial charge in [0.15, 0.2) is 0 Å². The molecule has 0 saturated heterocycles. The number of hydrogen-bond acceptors (Lipinski definition) is 3. The molecule has 19 heavy (non-hydrogen) atoms. The van der Waals surface area contributed by atoms with Crippen LogP contribution in [0.15, 0.2) is 52.1 Å². The zero-order valence-corrected chi connectivity index (χ0v) is 11.7. The first-order valence-corrected chi connectivity index (χ1v) is 6.28. The molecule has 0 aromatic heterocycles. The van der Waals surface area contributed by atoms with Gasteiger partial charge >= 0.3 is 0 Å². The first-order valence-electron chi connectivity index (χ1n) is 5.49. The van der Waals surface area contributed by atoms with Gasteiger partial charge in [0.2, 0.25) is 0 Å². The van der Waals surface area contributed by atoms with Crippen molar-refractivity contribution in [3.05, 3.63) is 63.9 Å². The summed E-state index contributed by atoms with van der Waals surface area (Å²) in [5.74, 6) is 0.0240. The molecule has 0 fully saturated rings. The van der Waals surface area contributed by atoms with Crippen LogP contribution in [-0.4, -0.2) is 18.0 Å².